The number of nitrogens with one attached hydrogen (secondary N) is 1. The first-order valence-electron chi connectivity index (χ1n) is 9.27. The zero-order chi connectivity index (χ0) is 19.0. The molecule has 0 radical (unpaired) electrons. The van der Waals surface area contributed by atoms with Crippen molar-refractivity contribution in [1.29, 1.82) is 0 Å². The Morgan fingerprint density at radius 3 is 2.93 bits per heavy atom. The molecule has 4 rings (SSSR count). The number of fused-ring (bicyclic) bond motifs is 1. The molecule has 1 N–H and O–H groups in total. The van der Waals surface area contributed by atoms with Crippen LogP contribution in [0.4, 0.5) is 0 Å². The second kappa shape index (κ2) is 6.98. The Morgan fingerprint density at radius 2 is 2.22 bits per heavy atom. The summed E-state index contributed by atoms with van der Waals surface area (Å²) < 4.78 is 1.88. The molecule has 1 amide bonds. The molecule has 0 saturated heterocycles. The molecule has 0 saturated carbocycles. The Balaban J connectivity index is 1.59. The predicted octanol–water partition coefficient (Wildman–Crippen LogP) is 2.26. The second-order valence-corrected chi connectivity index (χ2v) is 7.07. The average Bonchev–Trinajstić information content (AvgIpc) is 3.24. The van der Waals surface area contributed by atoms with Crippen molar-refractivity contribution >= 4 is 5.91 Å². The monoisotopic (exact) mass is 364 g/mol. The summed E-state index contributed by atoms with van der Waals surface area (Å²) in [6.07, 6.45) is 7.24. The van der Waals surface area contributed by atoms with Crippen molar-refractivity contribution in [1.82, 2.24) is 29.6 Å². The number of aryl methyl sites for hydroxylation is 2. The molecular weight excluding hydrogens is 340 g/mol. The summed E-state index contributed by atoms with van der Waals surface area (Å²) in [6.45, 7) is 4.73. The number of carbonyl (C=O) groups is 1. The molecule has 3 aromatic rings. The van der Waals surface area contributed by atoms with Crippen LogP contribution in [0.3, 0.4) is 0 Å². The van der Waals surface area contributed by atoms with Crippen LogP contribution in [0.1, 0.15) is 46.4 Å². The molecule has 7 nitrogen and oxygen atoms in total. The molecule has 4 heterocycles. The van der Waals surface area contributed by atoms with Crippen LogP contribution < -0.4 is 0 Å². The lowest BCUT2D eigenvalue weighted by atomic mass is 9.96. The van der Waals surface area contributed by atoms with Crippen molar-refractivity contribution in [3.05, 3.63) is 64.8 Å². The van der Waals surface area contributed by atoms with Gasteiger partial charge in [0.25, 0.3) is 0 Å². The molecule has 1 aliphatic rings. The Hall–Kier alpha value is -2.96. The first kappa shape index (κ1) is 17.5. The maximum absolute atomic E-state index is 13.2. The van der Waals surface area contributed by atoms with Crippen molar-refractivity contribution in [2.45, 2.75) is 39.2 Å². The normalized spacial score (nSPS) is 16.4. The molecule has 3 aromatic heterocycles. The summed E-state index contributed by atoms with van der Waals surface area (Å²) in [5.74, 6) is 0.139. The molecule has 0 unspecified atom stereocenters. The lowest BCUT2D eigenvalue weighted by Gasteiger charge is -2.35. The van der Waals surface area contributed by atoms with E-state index in [1.807, 2.05) is 41.9 Å². The van der Waals surface area contributed by atoms with Crippen LogP contribution in [-0.2, 0) is 24.7 Å². The number of imidazole rings is 1. The van der Waals surface area contributed by atoms with E-state index in [2.05, 4.69) is 27.0 Å². The lowest BCUT2D eigenvalue weighted by Crippen LogP contribution is -2.41. The van der Waals surface area contributed by atoms with Gasteiger partial charge in [-0.05, 0) is 37.5 Å². The van der Waals surface area contributed by atoms with Crippen molar-refractivity contribution < 1.29 is 4.79 Å². The first-order valence-corrected chi connectivity index (χ1v) is 9.27. The van der Waals surface area contributed by atoms with Crippen LogP contribution in [0.15, 0.2) is 30.9 Å². The number of aromatic amines is 1. The fraction of sp³-hybridized carbons (Fsp3) is 0.400. The van der Waals surface area contributed by atoms with Gasteiger partial charge >= 0.3 is 0 Å². The highest BCUT2D eigenvalue weighted by atomic mass is 16.2. The van der Waals surface area contributed by atoms with Crippen molar-refractivity contribution in [3.8, 4) is 0 Å². The second-order valence-electron chi connectivity index (χ2n) is 7.07. The number of hydrogen-bond donors (Lipinski definition) is 1. The van der Waals surface area contributed by atoms with Gasteiger partial charge in [-0.25, -0.2) is 4.98 Å². The molecule has 1 aliphatic heterocycles. The van der Waals surface area contributed by atoms with Crippen LogP contribution in [0, 0.1) is 13.8 Å². The Labute approximate surface area is 158 Å². The quantitative estimate of drug-likeness (QED) is 0.770. The van der Waals surface area contributed by atoms with Gasteiger partial charge in [-0.3, -0.25) is 14.5 Å². The largest absolute Gasteiger partial charge is 0.348 e. The summed E-state index contributed by atoms with van der Waals surface area (Å²) in [6, 6.07) is 3.73. The molecule has 7 heteroatoms. The number of carbonyl (C=O) groups excluding carboxylic acids is 1. The van der Waals surface area contributed by atoms with E-state index in [0.717, 1.165) is 34.8 Å². The molecule has 0 fully saturated rings. The molecule has 0 spiro atoms. The van der Waals surface area contributed by atoms with Gasteiger partial charge in [-0.2, -0.15) is 5.10 Å². The van der Waals surface area contributed by atoms with Crippen LogP contribution in [0.25, 0.3) is 0 Å². The van der Waals surface area contributed by atoms with Crippen LogP contribution in [0.2, 0.25) is 0 Å². The summed E-state index contributed by atoms with van der Waals surface area (Å²) >= 11 is 0. The number of H-pyrrole nitrogens is 1. The molecule has 27 heavy (non-hydrogen) atoms. The standard InChI is InChI=1S/C20H24N6O/c1-13-16(14(2)25(3)24-13)6-7-18(27)26-10-8-17-19(23-12-22-17)20(26)15-5-4-9-21-11-15/h4-5,9,11-12,20H,6-8,10H2,1-3H3,(H,22,23)/t20-/m1/s1. The van der Waals surface area contributed by atoms with E-state index in [0.29, 0.717) is 19.4 Å². The molecule has 0 bridgehead atoms. The third-order valence-corrected chi connectivity index (χ3v) is 5.49. The highest BCUT2D eigenvalue weighted by molar-refractivity contribution is 5.78. The van der Waals surface area contributed by atoms with Crippen molar-refractivity contribution in [3.63, 3.8) is 0 Å². The minimum Gasteiger partial charge on any atom is -0.348 e. The fourth-order valence-electron chi connectivity index (χ4n) is 3.98. The van der Waals surface area contributed by atoms with E-state index in [4.69, 9.17) is 0 Å². The van der Waals surface area contributed by atoms with Gasteiger partial charge in [-0.1, -0.05) is 6.07 Å². The number of pyridine rings is 1. The minimum atomic E-state index is -0.183. The summed E-state index contributed by atoms with van der Waals surface area (Å²) in [7, 11) is 1.94. The number of rotatable bonds is 4. The van der Waals surface area contributed by atoms with Crippen LogP contribution in [-0.4, -0.2) is 42.1 Å². The van der Waals surface area contributed by atoms with Gasteiger partial charge in [-0.15, -0.1) is 0 Å². The first-order chi connectivity index (χ1) is 13.1. The molecule has 0 aromatic carbocycles. The SMILES string of the molecule is Cc1nn(C)c(C)c1CCC(=O)N1CCc2[nH]cnc2[C@H]1c1cccnc1. The number of amides is 1. The van der Waals surface area contributed by atoms with Crippen molar-refractivity contribution in [2.75, 3.05) is 6.54 Å². The molecule has 140 valence electrons. The van der Waals surface area contributed by atoms with Gasteiger partial charge in [0.05, 0.1) is 17.7 Å². The topological polar surface area (TPSA) is 79.7 Å². The molecule has 1 atom stereocenters. The zero-order valence-electron chi connectivity index (χ0n) is 15.9. The van der Waals surface area contributed by atoms with E-state index in [1.165, 1.54) is 5.56 Å². The number of hydrogen-bond acceptors (Lipinski definition) is 4. The Morgan fingerprint density at radius 1 is 1.37 bits per heavy atom. The van der Waals surface area contributed by atoms with Gasteiger partial charge in [0, 0.05) is 50.2 Å². The maximum atomic E-state index is 13.2. The van der Waals surface area contributed by atoms with Crippen LogP contribution >= 0.6 is 0 Å². The Bertz CT molecular complexity index is 958. The van der Waals surface area contributed by atoms with Gasteiger partial charge in [0.15, 0.2) is 0 Å². The van der Waals surface area contributed by atoms with Gasteiger partial charge in [0.1, 0.15) is 6.04 Å². The van der Waals surface area contributed by atoms with E-state index in [1.54, 1.807) is 12.5 Å². The number of aromatic nitrogens is 5. The van der Waals surface area contributed by atoms with E-state index in [-0.39, 0.29) is 11.9 Å². The third-order valence-electron chi connectivity index (χ3n) is 5.49. The Kier molecular flexibility index (Phi) is 4.51. The smallest absolute Gasteiger partial charge is 0.223 e. The lowest BCUT2D eigenvalue weighted by molar-refractivity contribution is -0.133. The zero-order valence-corrected chi connectivity index (χ0v) is 15.9. The molecule has 0 aliphatic carbocycles. The van der Waals surface area contributed by atoms with E-state index >= 15 is 0 Å². The maximum Gasteiger partial charge on any atom is 0.223 e. The third kappa shape index (κ3) is 3.13. The van der Waals surface area contributed by atoms with E-state index in [9.17, 15) is 4.79 Å². The fourth-order valence-corrected chi connectivity index (χ4v) is 3.98. The van der Waals surface area contributed by atoms with Gasteiger partial charge < -0.3 is 9.88 Å². The van der Waals surface area contributed by atoms with Crippen LogP contribution in [0.5, 0.6) is 0 Å². The van der Waals surface area contributed by atoms with Crippen molar-refractivity contribution in [2.24, 2.45) is 7.05 Å². The molecular formula is C20H24N6O. The highest BCUT2D eigenvalue weighted by Crippen LogP contribution is 2.33. The number of nitrogens with zero attached hydrogens (tertiary/aromatic N) is 5. The highest BCUT2D eigenvalue weighted by Gasteiger charge is 2.34. The average molecular weight is 364 g/mol. The summed E-state index contributed by atoms with van der Waals surface area (Å²) in [4.78, 5) is 27.1. The van der Waals surface area contributed by atoms with E-state index < -0.39 is 0 Å². The predicted molar refractivity (Wildman–Crippen MR) is 101 cm³/mol. The van der Waals surface area contributed by atoms with Gasteiger partial charge in [0.2, 0.25) is 5.91 Å². The minimum absolute atomic E-state index is 0.139. The summed E-state index contributed by atoms with van der Waals surface area (Å²) in [5.41, 5.74) is 6.31. The summed E-state index contributed by atoms with van der Waals surface area (Å²) in [5, 5.41) is 4.46.